The molecule has 0 radical (unpaired) electrons. The Balaban J connectivity index is 0.00000243. The third-order valence-electron chi connectivity index (χ3n) is 5.70. The molecule has 26 heavy (non-hydrogen) atoms. The molecule has 1 atom stereocenters. The summed E-state index contributed by atoms with van der Waals surface area (Å²) >= 11 is 0. The van der Waals surface area contributed by atoms with Crippen LogP contribution in [0.3, 0.4) is 0 Å². The van der Waals surface area contributed by atoms with Crippen LogP contribution >= 0.6 is 12.4 Å². The van der Waals surface area contributed by atoms with E-state index < -0.39 is 0 Å². The van der Waals surface area contributed by atoms with Gasteiger partial charge in [-0.25, -0.2) is 0 Å². The fraction of sp³-hybridized carbons (Fsp3) is 0.500. The molecule has 1 fully saturated rings. The summed E-state index contributed by atoms with van der Waals surface area (Å²) in [7, 11) is 0. The van der Waals surface area contributed by atoms with Crippen LogP contribution in [-0.2, 0) is 6.42 Å². The number of para-hydroxylation sites is 1. The normalized spacial score (nSPS) is 15.9. The lowest BCUT2D eigenvalue weighted by molar-refractivity contribution is 0.323. The highest BCUT2D eigenvalue weighted by Gasteiger charge is 2.18. The van der Waals surface area contributed by atoms with E-state index in [2.05, 4.69) is 66.8 Å². The van der Waals surface area contributed by atoms with Gasteiger partial charge in [0.2, 0.25) is 0 Å². The van der Waals surface area contributed by atoms with E-state index in [1.54, 1.807) is 0 Å². The van der Waals surface area contributed by atoms with Gasteiger partial charge in [-0.1, -0.05) is 87.6 Å². The van der Waals surface area contributed by atoms with E-state index in [4.69, 9.17) is 0 Å². The lowest BCUT2D eigenvalue weighted by atomic mass is 9.81. The van der Waals surface area contributed by atoms with E-state index in [9.17, 15) is 0 Å². The summed E-state index contributed by atoms with van der Waals surface area (Å²) in [4.78, 5) is 0. The summed E-state index contributed by atoms with van der Waals surface area (Å²) in [5.74, 6) is 1.59. The van der Waals surface area contributed by atoms with Gasteiger partial charge >= 0.3 is 0 Å². The molecule has 0 spiro atoms. The monoisotopic (exact) mass is 371 g/mol. The van der Waals surface area contributed by atoms with Crippen LogP contribution in [0, 0.1) is 5.92 Å². The van der Waals surface area contributed by atoms with Crippen LogP contribution in [0.15, 0.2) is 54.6 Å². The molecule has 2 heteroatoms. The largest absolute Gasteiger partial charge is 0.385 e. The molecule has 0 amide bonds. The van der Waals surface area contributed by atoms with Crippen molar-refractivity contribution in [2.75, 3.05) is 11.9 Å². The summed E-state index contributed by atoms with van der Waals surface area (Å²) in [5.41, 5.74) is 4.29. The van der Waals surface area contributed by atoms with Gasteiger partial charge in [-0.15, -0.1) is 12.4 Å². The molecule has 142 valence electrons. The van der Waals surface area contributed by atoms with Crippen molar-refractivity contribution < 1.29 is 0 Å². The zero-order valence-electron chi connectivity index (χ0n) is 16.1. The lowest BCUT2D eigenvalue weighted by Gasteiger charge is -2.26. The van der Waals surface area contributed by atoms with E-state index in [-0.39, 0.29) is 12.4 Å². The zero-order chi connectivity index (χ0) is 17.3. The van der Waals surface area contributed by atoms with Gasteiger partial charge in [0.15, 0.2) is 0 Å². The van der Waals surface area contributed by atoms with Crippen molar-refractivity contribution in [2.45, 2.75) is 64.2 Å². The van der Waals surface area contributed by atoms with Crippen LogP contribution in [-0.4, -0.2) is 6.54 Å². The first-order valence-electron chi connectivity index (χ1n) is 10.2. The maximum absolute atomic E-state index is 3.70. The van der Waals surface area contributed by atoms with Crippen molar-refractivity contribution in [3.05, 3.63) is 65.7 Å². The molecule has 0 heterocycles. The molecular formula is C24H34ClN. The van der Waals surface area contributed by atoms with Gasteiger partial charge in [0.05, 0.1) is 0 Å². The first-order chi connectivity index (χ1) is 12.3. The highest BCUT2D eigenvalue weighted by atomic mass is 35.5. The van der Waals surface area contributed by atoms with E-state index in [1.807, 2.05) is 0 Å². The van der Waals surface area contributed by atoms with E-state index in [1.165, 1.54) is 61.8 Å². The Labute approximate surface area is 166 Å². The van der Waals surface area contributed by atoms with Crippen LogP contribution in [0.5, 0.6) is 0 Å². The lowest BCUT2D eigenvalue weighted by Crippen LogP contribution is -2.12. The maximum Gasteiger partial charge on any atom is 0.0375 e. The fourth-order valence-electron chi connectivity index (χ4n) is 4.30. The molecule has 0 saturated heterocycles. The molecule has 3 rings (SSSR count). The Kier molecular flexibility index (Phi) is 9.05. The molecular weight excluding hydrogens is 338 g/mol. The van der Waals surface area contributed by atoms with Crippen molar-refractivity contribution in [2.24, 2.45) is 5.92 Å². The molecule has 2 aromatic rings. The zero-order valence-corrected chi connectivity index (χ0v) is 16.9. The molecule has 0 aliphatic heterocycles. The molecule has 1 aliphatic carbocycles. The minimum absolute atomic E-state index is 0. The second kappa shape index (κ2) is 11.3. The van der Waals surface area contributed by atoms with Gasteiger partial charge in [-0.2, -0.15) is 0 Å². The van der Waals surface area contributed by atoms with E-state index in [0.717, 1.165) is 18.9 Å². The SMILES string of the molecule is CC(CC1CCCCC1)c1ccccc1NCCCc1ccccc1.Cl. The predicted octanol–water partition coefficient (Wildman–Crippen LogP) is 7.23. The van der Waals surface area contributed by atoms with E-state index >= 15 is 0 Å². The second-order valence-electron chi connectivity index (χ2n) is 7.74. The van der Waals surface area contributed by atoms with Crippen molar-refractivity contribution in [1.29, 1.82) is 0 Å². The number of rotatable bonds is 8. The maximum atomic E-state index is 3.70. The summed E-state index contributed by atoms with van der Waals surface area (Å²) in [6.07, 6.45) is 10.9. The van der Waals surface area contributed by atoms with Gasteiger partial charge in [0.25, 0.3) is 0 Å². The third-order valence-corrected chi connectivity index (χ3v) is 5.70. The molecule has 1 N–H and O–H groups in total. The van der Waals surface area contributed by atoms with Gasteiger partial charge in [0.1, 0.15) is 0 Å². The minimum Gasteiger partial charge on any atom is -0.385 e. The molecule has 1 aliphatic rings. The Morgan fingerprint density at radius 2 is 1.62 bits per heavy atom. The van der Waals surface area contributed by atoms with Gasteiger partial charge in [-0.05, 0) is 48.3 Å². The van der Waals surface area contributed by atoms with Crippen LogP contribution in [0.1, 0.15) is 68.9 Å². The van der Waals surface area contributed by atoms with Crippen LogP contribution < -0.4 is 5.32 Å². The molecule has 1 saturated carbocycles. The summed E-state index contributed by atoms with van der Waals surface area (Å²) in [5, 5.41) is 3.70. The second-order valence-corrected chi connectivity index (χ2v) is 7.74. The number of aryl methyl sites for hydroxylation is 1. The first kappa shape index (κ1) is 20.8. The van der Waals surface area contributed by atoms with Crippen LogP contribution in [0.4, 0.5) is 5.69 Å². The highest BCUT2D eigenvalue weighted by Crippen LogP contribution is 2.35. The topological polar surface area (TPSA) is 12.0 Å². The third kappa shape index (κ3) is 6.36. The minimum atomic E-state index is 0. The van der Waals surface area contributed by atoms with Gasteiger partial charge < -0.3 is 5.32 Å². The molecule has 1 unspecified atom stereocenters. The van der Waals surface area contributed by atoms with Crippen molar-refractivity contribution >= 4 is 18.1 Å². The number of anilines is 1. The average molecular weight is 372 g/mol. The molecule has 2 aromatic carbocycles. The fourth-order valence-corrected chi connectivity index (χ4v) is 4.30. The first-order valence-corrected chi connectivity index (χ1v) is 10.2. The van der Waals surface area contributed by atoms with E-state index in [0.29, 0.717) is 5.92 Å². The van der Waals surface area contributed by atoms with Gasteiger partial charge in [-0.3, -0.25) is 0 Å². The van der Waals surface area contributed by atoms with Crippen molar-refractivity contribution in [3.8, 4) is 0 Å². The predicted molar refractivity (Wildman–Crippen MR) is 117 cm³/mol. The summed E-state index contributed by atoms with van der Waals surface area (Å²) in [6.45, 7) is 3.46. The van der Waals surface area contributed by atoms with Crippen molar-refractivity contribution in [1.82, 2.24) is 0 Å². The standard InChI is InChI=1S/C24H33N.ClH/c1-20(19-22-13-6-3-7-14-22)23-16-8-9-17-24(23)25-18-10-15-21-11-4-2-5-12-21;/h2,4-5,8-9,11-12,16-17,20,22,25H,3,6-7,10,13-15,18-19H2,1H3;1H. The Bertz CT molecular complexity index is 619. The Hall–Kier alpha value is -1.47. The van der Waals surface area contributed by atoms with Crippen LogP contribution in [0.2, 0.25) is 0 Å². The number of benzene rings is 2. The quantitative estimate of drug-likeness (QED) is 0.482. The molecule has 0 bridgehead atoms. The smallest absolute Gasteiger partial charge is 0.0375 e. The van der Waals surface area contributed by atoms with Crippen molar-refractivity contribution in [3.63, 3.8) is 0 Å². The van der Waals surface area contributed by atoms with Crippen LogP contribution in [0.25, 0.3) is 0 Å². The van der Waals surface area contributed by atoms with Gasteiger partial charge in [0, 0.05) is 12.2 Å². The Morgan fingerprint density at radius 3 is 2.38 bits per heavy atom. The molecule has 0 aromatic heterocycles. The number of hydrogen-bond donors (Lipinski definition) is 1. The highest BCUT2D eigenvalue weighted by molar-refractivity contribution is 5.85. The summed E-state index contributed by atoms with van der Waals surface area (Å²) < 4.78 is 0. The Morgan fingerprint density at radius 1 is 0.923 bits per heavy atom. The number of hydrogen-bond acceptors (Lipinski definition) is 1. The number of nitrogens with one attached hydrogen (secondary N) is 1. The summed E-state index contributed by atoms with van der Waals surface area (Å²) in [6, 6.07) is 19.7. The average Bonchev–Trinajstić information content (AvgIpc) is 2.67. The number of halogens is 1. The molecule has 1 nitrogen and oxygen atoms in total.